The van der Waals surface area contributed by atoms with Crippen LogP contribution in [0.1, 0.15) is 36.3 Å². The van der Waals surface area contributed by atoms with Crippen molar-refractivity contribution < 1.29 is 24.2 Å². The first-order chi connectivity index (χ1) is 13.5. The van der Waals surface area contributed by atoms with Crippen molar-refractivity contribution in [2.75, 3.05) is 6.61 Å². The number of aliphatic hydroxyl groups is 1. The number of carbonyl (C=O) groups excluding carboxylic acids is 1. The van der Waals surface area contributed by atoms with Crippen molar-refractivity contribution in [3.8, 4) is 17.0 Å². The number of ether oxygens (including phenoxy) is 1. The highest BCUT2D eigenvalue weighted by molar-refractivity contribution is 5.73. The number of esters is 1. The van der Waals surface area contributed by atoms with Crippen molar-refractivity contribution in [1.29, 1.82) is 0 Å². The second kappa shape index (κ2) is 8.53. The number of aromatic nitrogens is 2. The summed E-state index contributed by atoms with van der Waals surface area (Å²) >= 11 is 0. The molecule has 1 aromatic carbocycles. The molecule has 0 saturated heterocycles. The summed E-state index contributed by atoms with van der Waals surface area (Å²) in [4.78, 5) is 24.3. The van der Waals surface area contributed by atoms with Crippen LogP contribution in [-0.2, 0) is 16.1 Å². The van der Waals surface area contributed by atoms with Crippen LogP contribution in [-0.4, -0.2) is 33.0 Å². The Morgan fingerprint density at radius 3 is 2.75 bits per heavy atom. The van der Waals surface area contributed by atoms with Gasteiger partial charge in [0.25, 0.3) is 0 Å². The molecule has 1 unspecified atom stereocenters. The van der Waals surface area contributed by atoms with Crippen LogP contribution in [0.5, 0.6) is 5.75 Å². The largest absolute Gasteiger partial charge is 0.502 e. The summed E-state index contributed by atoms with van der Waals surface area (Å²) < 4.78 is 10.6. The fourth-order valence-corrected chi connectivity index (χ4v) is 3.00. The number of hydrogen-bond donors (Lipinski definition) is 3. The molecule has 0 aliphatic rings. The molecular weight excluding hydrogens is 364 g/mol. The summed E-state index contributed by atoms with van der Waals surface area (Å²) in [5.74, 6) is -2.12. The third-order valence-corrected chi connectivity index (χ3v) is 4.25. The van der Waals surface area contributed by atoms with E-state index in [0.717, 1.165) is 11.6 Å². The number of aromatic amines is 1. The molecule has 0 fully saturated rings. The zero-order valence-electron chi connectivity index (χ0n) is 15.2. The molecule has 0 bridgehead atoms. The summed E-state index contributed by atoms with van der Waals surface area (Å²) in [5, 5.41) is 26.6. The lowest BCUT2D eigenvalue weighted by Gasteiger charge is -2.17. The van der Waals surface area contributed by atoms with E-state index < -0.39 is 29.7 Å². The molecule has 0 radical (unpaired) electrons. The van der Waals surface area contributed by atoms with Gasteiger partial charge in [-0.25, -0.2) is 0 Å². The van der Waals surface area contributed by atoms with Crippen LogP contribution in [0.25, 0.3) is 11.3 Å². The zero-order chi connectivity index (χ0) is 20.1. The minimum atomic E-state index is -0.841. The summed E-state index contributed by atoms with van der Waals surface area (Å²) in [6.07, 6.45) is 1.33. The van der Waals surface area contributed by atoms with Gasteiger partial charge in [0.15, 0.2) is 5.76 Å². The lowest BCUT2D eigenvalue weighted by molar-refractivity contribution is -0.143. The van der Waals surface area contributed by atoms with Crippen LogP contribution in [0.3, 0.4) is 0 Å². The van der Waals surface area contributed by atoms with Crippen molar-refractivity contribution >= 4 is 5.97 Å². The quantitative estimate of drug-likeness (QED) is 0.534. The Labute approximate surface area is 160 Å². The monoisotopic (exact) mass is 384 g/mol. The number of aliphatic hydroxyl groups excluding tert-OH is 1. The van der Waals surface area contributed by atoms with E-state index >= 15 is 0 Å². The van der Waals surface area contributed by atoms with E-state index in [9.17, 15) is 19.8 Å². The number of nitrogens with zero attached hydrogens (tertiary/aromatic N) is 1. The first-order valence-electron chi connectivity index (χ1n) is 8.76. The molecule has 0 saturated carbocycles. The number of aromatic hydroxyl groups is 1. The van der Waals surface area contributed by atoms with Gasteiger partial charge in [-0.15, -0.1) is 0 Å². The van der Waals surface area contributed by atoms with Crippen LogP contribution in [0.2, 0.25) is 0 Å². The molecule has 0 aliphatic heterocycles. The molecule has 3 N–H and O–H groups in total. The van der Waals surface area contributed by atoms with Crippen LogP contribution in [0.15, 0.2) is 51.8 Å². The Bertz CT molecular complexity index is 1010. The molecule has 8 nitrogen and oxygen atoms in total. The third-order valence-electron chi connectivity index (χ3n) is 4.25. The SMILES string of the molecule is CCOC(=O)CC(c1cn[nH]c1-c1ccccc1)c1oc(CO)cc(=O)c1O. The van der Waals surface area contributed by atoms with E-state index in [4.69, 9.17) is 9.15 Å². The molecule has 8 heteroatoms. The molecule has 0 aliphatic carbocycles. The number of benzene rings is 1. The molecule has 28 heavy (non-hydrogen) atoms. The van der Waals surface area contributed by atoms with Gasteiger partial charge < -0.3 is 19.4 Å². The molecule has 2 aromatic heterocycles. The van der Waals surface area contributed by atoms with Gasteiger partial charge in [0.2, 0.25) is 11.2 Å². The Kier molecular flexibility index (Phi) is 5.90. The summed E-state index contributed by atoms with van der Waals surface area (Å²) in [5.41, 5.74) is 1.27. The van der Waals surface area contributed by atoms with Gasteiger partial charge in [0.05, 0.1) is 30.8 Å². The minimum absolute atomic E-state index is 0.0172. The first-order valence-corrected chi connectivity index (χ1v) is 8.76. The van der Waals surface area contributed by atoms with Crippen LogP contribution in [0, 0.1) is 0 Å². The van der Waals surface area contributed by atoms with Gasteiger partial charge in [0.1, 0.15) is 12.4 Å². The highest BCUT2D eigenvalue weighted by Crippen LogP contribution is 2.37. The van der Waals surface area contributed by atoms with Crippen molar-refractivity contribution in [3.63, 3.8) is 0 Å². The average molecular weight is 384 g/mol. The Morgan fingerprint density at radius 2 is 2.07 bits per heavy atom. The second-order valence-corrected chi connectivity index (χ2v) is 6.08. The third kappa shape index (κ3) is 3.96. The molecule has 2 heterocycles. The van der Waals surface area contributed by atoms with Crippen molar-refractivity contribution in [2.45, 2.75) is 25.9 Å². The standard InChI is InChI=1S/C20H20N2O6/c1-2-27-17(25)9-14(20-19(26)16(24)8-13(11-23)28-20)15-10-21-22-18(15)12-6-4-3-5-7-12/h3-8,10,14,23,26H,2,9,11H2,1H3,(H,21,22). The van der Waals surface area contributed by atoms with Crippen LogP contribution < -0.4 is 5.43 Å². The Morgan fingerprint density at radius 1 is 1.32 bits per heavy atom. The molecule has 3 aromatic rings. The van der Waals surface area contributed by atoms with Gasteiger partial charge in [-0.3, -0.25) is 14.7 Å². The van der Waals surface area contributed by atoms with Gasteiger partial charge in [-0.1, -0.05) is 30.3 Å². The van der Waals surface area contributed by atoms with E-state index in [-0.39, 0.29) is 24.5 Å². The number of hydrogen-bond acceptors (Lipinski definition) is 7. The van der Waals surface area contributed by atoms with Crippen molar-refractivity contribution in [2.24, 2.45) is 0 Å². The van der Waals surface area contributed by atoms with E-state index in [1.165, 1.54) is 6.20 Å². The highest BCUT2D eigenvalue weighted by Gasteiger charge is 2.30. The summed E-state index contributed by atoms with van der Waals surface area (Å²) in [6.45, 7) is 1.35. The maximum atomic E-state index is 12.2. The maximum absolute atomic E-state index is 12.2. The van der Waals surface area contributed by atoms with Gasteiger partial charge in [-0.05, 0) is 12.5 Å². The molecule has 3 rings (SSSR count). The number of nitrogens with one attached hydrogen (secondary N) is 1. The zero-order valence-corrected chi connectivity index (χ0v) is 15.2. The summed E-state index contributed by atoms with van der Waals surface area (Å²) in [7, 11) is 0. The average Bonchev–Trinajstić information content (AvgIpc) is 3.19. The highest BCUT2D eigenvalue weighted by atomic mass is 16.5. The summed E-state index contributed by atoms with van der Waals surface area (Å²) in [6, 6.07) is 10.3. The number of carbonyl (C=O) groups is 1. The fourth-order valence-electron chi connectivity index (χ4n) is 3.00. The predicted octanol–water partition coefficient (Wildman–Crippen LogP) is 2.31. The van der Waals surface area contributed by atoms with Gasteiger partial charge >= 0.3 is 5.97 Å². The second-order valence-electron chi connectivity index (χ2n) is 6.08. The lowest BCUT2D eigenvalue weighted by Crippen LogP contribution is -2.15. The van der Waals surface area contributed by atoms with Crippen LogP contribution >= 0.6 is 0 Å². The van der Waals surface area contributed by atoms with Gasteiger partial charge in [0, 0.05) is 11.6 Å². The smallest absolute Gasteiger partial charge is 0.306 e. The Hall–Kier alpha value is -3.39. The van der Waals surface area contributed by atoms with Crippen molar-refractivity contribution in [3.05, 3.63) is 69.9 Å². The topological polar surface area (TPSA) is 126 Å². The lowest BCUT2D eigenvalue weighted by atomic mass is 9.90. The molecule has 1 atom stereocenters. The normalized spacial score (nSPS) is 11.9. The molecular formula is C20H20N2O6. The molecule has 0 spiro atoms. The van der Waals surface area contributed by atoms with Crippen LogP contribution in [0.4, 0.5) is 0 Å². The maximum Gasteiger partial charge on any atom is 0.306 e. The van der Waals surface area contributed by atoms with E-state index in [1.807, 2.05) is 30.3 Å². The number of rotatable bonds is 7. The van der Waals surface area contributed by atoms with E-state index in [0.29, 0.717) is 11.3 Å². The van der Waals surface area contributed by atoms with Gasteiger partial charge in [-0.2, -0.15) is 5.10 Å². The van der Waals surface area contributed by atoms with E-state index in [2.05, 4.69) is 10.2 Å². The van der Waals surface area contributed by atoms with Crippen molar-refractivity contribution in [1.82, 2.24) is 10.2 Å². The molecule has 146 valence electrons. The molecule has 0 amide bonds. The first kappa shape index (κ1) is 19.4. The minimum Gasteiger partial charge on any atom is -0.502 e. The fraction of sp³-hybridized carbons (Fsp3) is 0.250. The number of H-pyrrole nitrogens is 1. The Balaban J connectivity index is 2.15. The predicted molar refractivity (Wildman–Crippen MR) is 99.7 cm³/mol. The van der Waals surface area contributed by atoms with E-state index in [1.54, 1.807) is 6.92 Å².